The number of ether oxygens (including phenoxy) is 1. The lowest BCUT2D eigenvalue weighted by molar-refractivity contribution is -0.139. The summed E-state index contributed by atoms with van der Waals surface area (Å²) in [7, 11) is 1.41. The predicted molar refractivity (Wildman–Crippen MR) is 102 cm³/mol. The quantitative estimate of drug-likeness (QED) is 0.576. The number of hydrogen-bond donors (Lipinski definition) is 3. The van der Waals surface area contributed by atoms with Crippen LogP contribution >= 0.6 is 0 Å². The molecule has 1 aromatic heterocycles. The molecule has 0 saturated heterocycles. The van der Waals surface area contributed by atoms with E-state index in [1.165, 1.54) is 7.11 Å². The minimum atomic E-state index is -1.36. The average Bonchev–Trinajstić information content (AvgIpc) is 2.72. The third-order valence-corrected chi connectivity index (χ3v) is 4.10. The number of rotatable bonds is 6. The number of amides is 1. The van der Waals surface area contributed by atoms with Crippen LogP contribution in [0.5, 0.6) is 11.5 Å². The van der Waals surface area contributed by atoms with Crippen LogP contribution in [-0.4, -0.2) is 39.0 Å². The molecule has 3 N–H and O–H groups in total. The van der Waals surface area contributed by atoms with Gasteiger partial charge in [-0.05, 0) is 17.7 Å². The van der Waals surface area contributed by atoms with E-state index in [0.29, 0.717) is 11.3 Å². The molecule has 0 aliphatic rings. The van der Waals surface area contributed by atoms with Gasteiger partial charge in [-0.1, -0.05) is 42.5 Å². The fraction of sp³-hybridized carbons (Fsp3) is 0.100. The molecule has 0 radical (unpaired) electrons. The Balaban J connectivity index is 2.01. The van der Waals surface area contributed by atoms with Crippen LogP contribution in [0.3, 0.4) is 0 Å². The maximum Gasteiger partial charge on any atom is 0.330 e. The molecule has 2 aromatic carbocycles. The van der Waals surface area contributed by atoms with Crippen molar-refractivity contribution in [3.8, 4) is 17.2 Å². The van der Waals surface area contributed by atoms with Gasteiger partial charge in [-0.3, -0.25) is 9.59 Å². The Kier molecular flexibility index (Phi) is 5.59. The number of aliphatic carboxylic acids is 1. The van der Waals surface area contributed by atoms with Gasteiger partial charge in [-0.15, -0.1) is 0 Å². The molecule has 148 valence electrons. The molecule has 0 bridgehead atoms. The second kappa shape index (κ2) is 8.26. The van der Waals surface area contributed by atoms with E-state index in [0.717, 1.165) is 10.7 Å². The average molecular weight is 395 g/mol. The van der Waals surface area contributed by atoms with Gasteiger partial charge in [0.25, 0.3) is 11.5 Å². The summed E-state index contributed by atoms with van der Waals surface area (Å²) in [4.78, 5) is 36.6. The second-order valence-electron chi connectivity index (χ2n) is 5.96. The van der Waals surface area contributed by atoms with E-state index in [1.807, 2.05) is 0 Å². The number of aromatic hydroxyl groups is 1. The minimum Gasteiger partial charge on any atom is -0.505 e. The zero-order valence-corrected chi connectivity index (χ0v) is 15.3. The molecule has 0 spiro atoms. The molecular formula is C20H17N3O6. The molecule has 1 heterocycles. The maximum atomic E-state index is 12.7. The Bertz CT molecular complexity index is 1110. The third kappa shape index (κ3) is 4.08. The molecule has 0 saturated carbocycles. The third-order valence-electron chi connectivity index (χ3n) is 4.10. The summed E-state index contributed by atoms with van der Waals surface area (Å²) in [5.41, 5.74) is -0.600. The Morgan fingerprint density at radius 1 is 1.10 bits per heavy atom. The van der Waals surface area contributed by atoms with E-state index < -0.39 is 34.9 Å². The standard InChI is InChI=1S/C20H17N3O6/c1-29-15-10-6-5-9-13(15)23-16(25)11-14(24)18(22-23)19(26)21-17(20(27)28)12-7-3-2-4-8-12/h2-11,17,24H,1H3,(H,21,26)(H,27,28)/t17-/m0/s1. The number of carboxylic acid groups (broad SMARTS) is 1. The topological polar surface area (TPSA) is 131 Å². The number of nitrogens with zero attached hydrogens (tertiary/aromatic N) is 2. The molecule has 0 fully saturated rings. The number of hydrogen-bond acceptors (Lipinski definition) is 6. The molecule has 9 heteroatoms. The largest absolute Gasteiger partial charge is 0.505 e. The Morgan fingerprint density at radius 2 is 1.76 bits per heavy atom. The molecular weight excluding hydrogens is 378 g/mol. The Hall–Kier alpha value is -4.14. The highest BCUT2D eigenvalue weighted by molar-refractivity contribution is 5.97. The highest BCUT2D eigenvalue weighted by atomic mass is 16.5. The van der Waals surface area contributed by atoms with E-state index in [2.05, 4.69) is 10.4 Å². The molecule has 0 aliphatic heterocycles. The molecule has 1 amide bonds. The first-order valence-electron chi connectivity index (χ1n) is 8.47. The fourth-order valence-electron chi connectivity index (χ4n) is 2.72. The SMILES string of the molecule is COc1ccccc1-n1nc(C(=O)N[C@H](C(=O)O)c2ccccc2)c(O)cc1=O. The smallest absolute Gasteiger partial charge is 0.330 e. The van der Waals surface area contributed by atoms with Crippen molar-refractivity contribution in [3.63, 3.8) is 0 Å². The van der Waals surface area contributed by atoms with Crippen molar-refractivity contribution in [2.45, 2.75) is 6.04 Å². The van der Waals surface area contributed by atoms with Crippen molar-refractivity contribution >= 4 is 11.9 Å². The van der Waals surface area contributed by atoms with E-state index in [1.54, 1.807) is 54.6 Å². The Labute approximate surface area is 164 Å². The fourth-order valence-corrected chi connectivity index (χ4v) is 2.72. The van der Waals surface area contributed by atoms with E-state index in [9.17, 15) is 24.6 Å². The highest BCUT2D eigenvalue weighted by Crippen LogP contribution is 2.22. The van der Waals surface area contributed by atoms with Crippen LogP contribution in [0, 0.1) is 0 Å². The molecule has 29 heavy (non-hydrogen) atoms. The summed E-state index contributed by atoms with van der Waals surface area (Å²) >= 11 is 0. The number of methoxy groups -OCH3 is 1. The summed E-state index contributed by atoms with van der Waals surface area (Å²) in [5.74, 6) is -2.59. The zero-order valence-electron chi connectivity index (χ0n) is 15.3. The number of aromatic nitrogens is 2. The van der Waals surface area contributed by atoms with Crippen molar-refractivity contribution in [1.29, 1.82) is 0 Å². The van der Waals surface area contributed by atoms with Gasteiger partial charge >= 0.3 is 5.97 Å². The molecule has 0 unspecified atom stereocenters. The monoisotopic (exact) mass is 395 g/mol. The number of benzene rings is 2. The number of carbonyl (C=O) groups is 2. The minimum absolute atomic E-state index is 0.256. The molecule has 1 atom stereocenters. The highest BCUT2D eigenvalue weighted by Gasteiger charge is 2.26. The van der Waals surface area contributed by atoms with Gasteiger partial charge < -0.3 is 20.3 Å². The first-order chi connectivity index (χ1) is 13.9. The first kappa shape index (κ1) is 19.6. The summed E-state index contributed by atoms with van der Waals surface area (Å²) in [6.45, 7) is 0. The van der Waals surface area contributed by atoms with E-state index >= 15 is 0 Å². The lowest BCUT2D eigenvalue weighted by Crippen LogP contribution is -2.35. The predicted octanol–water partition coefficient (Wildman–Crippen LogP) is 1.50. The number of nitrogens with one attached hydrogen (secondary N) is 1. The zero-order chi connectivity index (χ0) is 21.0. The number of para-hydroxylation sites is 2. The maximum absolute atomic E-state index is 12.7. The van der Waals surface area contributed by atoms with Gasteiger partial charge in [0.1, 0.15) is 11.4 Å². The van der Waals surface area contributed by atoms with Gasteiger partial charge in [-0.25, -0.2) is 4.79 Å². The molecule has 0 aliphatic carbocycles. The van der Waals surface area contributed by atoms with Crippen LogP contribution < -0.4 is 15.6 Å². The van der Waals surface area contributed by atoms with Crippen molar-refractivity contribution in [1.82, 2.24) is 15.1 Å². The van der Waals surface area contributed by atoms with Crippen molar-refractivity contribution in [2.75, 3.05) is 7.11 Å². The molecule has 3 rings (SSSR count). The lowest BCUT2D eigenvalue weighted by atomic mass is 10.1. The van der Waals surface area contributed by atoms with Crippen LogP contribution in [0.25, 0.3) is 5.69 Å². The number of carboxylic acids is 1. The first-order valence-corrected chi connectivity index (χ1v) is 8.47. The molecule has 9 nitrogen and oxygen atoms in total. The van der Waals surface area contributed by atoms with Crippen molar-refractivity contribution in [3.05, 3.63) is 82.3 Å². The van der Waals surface area contributed by atoms with E-state index in [-0.39, 0.29) is 5.69 Å². The summed E-state index contributed by atoms with van der Waals surface area (Å²) in [6.07, 6.45) is 0. The van der Waals surface area contributed by atoms with Crippen LogP contribution in [0.1, 0.15) is 22.1 Å². The van der Waals surface area contributed by atoms with Crippen molar-refractivity contribution in [2.24, 2.45) is 0 Å². The van der Waals surface area contributed by atoms with Crippen LogP contribution in [-0.2, 0) is 4.79 Å². The summed E-state index contributed by atoms with van der Waals surface area (Å²) < 4.78 is 6.09. The van der Waals surface area contributed by atoms with Crippen LogP contribution in [0.4, 0.5) is 0 Å². The summed E-state index contributed by atoms with van der Waals surface area (Å²) in [6, 6.07) is 14.0. The van der Waals surface area contributed by atoms with Gasteiger partial charge in [0.05, 0.1) is 7.11 Å². The van der Waals surface area contributed by atoms with Crippen LogP contribution in [0.2, 0.25) is 0 Å². The summed E-state index contributed by atoms with van der Waals surface area (Å²) in [5, 5.41) is 25.8. The van der Waals surface area contributed by atoms with Gasteiger partial charge in [0.2, 0.25) is 0 Å². The van der Waals surface area contributed by atoms with Gasteiger partial charge in [-0.2, -0.15) is 9.78 Å². The van der Waals surface area contributed by atoms with Gasteiger partial charge in [0, 0.05) is 6.07 Å². The lowest BCUT2D eigenvalue weighted by Gasteiger charge is -2.16. The van der Waals surface area contributed by atoms with Crippen molar-refractivity contribution < 1.29 is 24.5 Å². The molecule has 3 aromatic rings. The Morgan fingerprint density at radius 3 is 2.41 bits per heavy atom. The normalized spacial score (nSPS) is 11.5. The van der Waals surface area contributed by atoms with E-state index in [4.69, 9.17) is 4.74 Å². The van der Waals surface area contributed by atoms with Crippen LogP contribution in [0.15, 0.2) is 65.5 Å². The number of carbonyl (C=O) groups excluding carboxylic acids is 1. The van der Waals surface area contributed by atoms with Gasteiger partial charge in [0.15, 0.2) is 17.5 Å². The second-order valence-corrected chi connectivity index (χ2v) is 5.96.